The largest absolute Gasteiger partial charge is 0.362 e. The third kappa shape index (κ3) is 4.85. The van der Waals surface area contributed by atoms with Gasteiger partial charge < -0.3 is 15.5 Å². The van der Waals surface area contributed by atoms with Gasteiger partial charge in [0.05, 0.1) is 5.52 Å². The van der Waals surface area contributed by atoms with E-state index in [0.29, 0.717) is 6.04 Å². The summed E-state index contributed by atoms with van der Waals surface area (Å²) in [4.78, 5) is 11.6. The van der Waals surface area contributed by atoms with Gasteiger partial charge >= 0.3 is 0 Å². The Morgan fingerprint density at radius 1 is 1.08 bits per heavy atom. The zero-order chi connectivity index (χ0) is 18.5. The lowest BCUT2D eigenvalue weighted by atomic mass is 9.86. The van der Waals surface area contributed by atoms with Crippen LogP contribution in [-0.4, -0.2) is 43.2 Å². The van der Waals surface area contributed by atoms with Gasteiger partial charge in [-0.15, -0.1) is 0 Å². The maximum Gasteiger partial charge on any atom is 0.225 e. The van der Waals surface area contributed by atoms with Crippen LogP contribution < -0.4 is 15.5 Å². The number of rotatable bonds is 7. The minimum atomic E-state index is 0.479. The van der Waals surface area contributed by atoms with Gasteiger partial charge in [0.25, 0.3) is 0 Å². The molecule has 1 aromatic carbocycles. The van der Waals surface area contributed by atoms with Gasteiger partial charge in [-0.25, -0.2) is 4.98 Å². The molecule has 0 saturated heterocycles. The third-order valence-electron chi connectivity index (χ3n) is 5.17. The molecule has 1 aromatic heterocycles. The van der Waals surface area contributed by atoms with Gasteiger partial charge in [-0.2, -0.15) is 4.98 Å². The van der Waals surface area contributed by atoms with E-state index in [1.54, 1.807) is 0 Å². The summed E-state index contributed by atoms with van der Waals surface area (Å²) in [5, 5.41) is 8.30. The van der Waals surface area contributed by atoms with Crippen LogP contribution in [0.1, 0.15) is 39.5 Å². The second-order valence-electron chi connectivity index (χ2n) is 8.20. The Balaban J connectivity index is 1.60. The lowest BCUT2D eigenvalue weighted by Crippen LogP contribution is -2.33. The Bertz CT molecular complexity index is 705. The van der Waals surface area contributed by atoms with Gasteiger partial charge in [-0.3, -0.25) is 0 Å². The highest BCUT2D eigenvalue weighted by Gasteiger charge is 2.22. The van der Waals surface area contributed by atoms with Crippen LogP contribution in [0.5, 0.6) is 0 Å². The van der Waals surface area contributed by atoms with E-state index in [0.717, 1.165) is 47.6 Å². The highest BCUT2D eigenvalue weighted by Crippen LogP contribution is 2.28. The Morgan fingerprint density at radius 3 is 2.50 bits per heavy atom. The molecule has 5 nitrogen and oxygen atoms in total. The Kier molecular flexibility index (Phi) is 6.30. The molecular formula is C21H33N5. The van der Waals surface area contributed by atoms with Crippen molar-refractivity contribution in [1.29, 1.82) is 0 Å². The fourth-order valence-electron chi connectivity index (χ4n) is 3.73. The summed E-state index contributed by atoms with van der Waals surface area (Å²) in [6.07, 6.45) is 4.94. The van der Waals surface area contributed by atoms with Crippen LogP contribution >= 0.6 is 0 Å². The topological polar surface area (TPSA) is 53.1 Å². The highest BCUT2D eigenvalue weighted by molar-refractivity contribution is 5.90. The van der Waals surface area contributed by atoms with Crippen molar-refractivity contribution >= 4 is 22.7 Å². The fourth-order valence-corrected chi connectivity index (χ4v) is 3.73. The van der Waals surface area contributed by atoms with Crippen molar-refractivity contribution in [3.8, 4) is 0 Å². The lowest BCUT2D eigenvalue weighted by molar-refractivity contribution is 0.320. The number of benzene rings is 1. The second kappa shape index (κ2) is 8.67. The van der Waals surface area contributed by atoms with Crippen molar-refractivity contribution in [1.82, 2.24) is 15.3 Å². The molecule has 0 atom stereocenters. The Labute approximate surface area is 157 Å². The van der Waals surface area contributed by atoms with E-state index in [1.807, 2.05) is 26.2 Å². The van der Waals surface area contributed by atoms with Gasteiger partial charge in [0.2, 0.25) is 5.95 Å². The number of para-hydroxylation sites is 1. The molecule has 0 radical (unpaired) electrons. The quantitative estimate of drug-likeness (QED) is 0.788. The van der Waals surface area contributed by atoms with Crippen molar-refractivity contribution in [3.05, 3.63) is 24.3 Å². The maximum absolute atomic E-state index is 4.77. The minimum absolute atomic E-state index is 0.479. The monoisotopic (exact) mass is 355 g/mol. The Morgan fingerprint density at radius 2 is 1.81 bits per heavy atom. The first-order valence-corrected chi connectivity index (χ1v) is 9.94. The second-order valence-corrected chi connectivity index (χ2v) is 8.20. The van der Waals surface area contributed by atoms with E-state index in [-0.39, 0.29) is 0 Å². The van der Waals surface area contributed by atoms with Gasteiger partial charge in [0.1, 0.15) is 5.82 Å². The molecule has 1 fully saturated rings. The normalized spacial score (nSPS) is 20.5. The molecule has 5 heteroatoms. The van der Waals surface area contributed by atoms with E-state index in [2.05, 4.69) is 41.5 Å². The molecule has 1 saturated carbocycles. The first kappa shape index (κ1) is 18.9. The molecule has 142 valence electrons. The lowest BCUT2D eigenvalue weighted by Gasteiger charge is -2.29. The van der Waals surface area contributed by atoms with Gasteiger partial charge in [-0.1, -0.05) is 26.0 Å². The summed E-state index contributed by atoms with van der Waals surface area (Å²) in [6, 6.07) is 8.71. The van der Waals surface area contributed by atoms with E-state index in [1.165, 1.54) is 25.7 Å². The molecule has 0 spiro atoms. The number of hydrogen-bond donors (Lipinski definition) is 2. The molecular weight excluding hydrogens is 322 g/mol. The summed E-state index contributed by atoms with van der Waals surface area (Å²) in [5.74, 6) is 3.27. The molecule has 0 bridgehead atoms. The maximum atomic E-state index is 4.77. The average Bonchev–Trinajstić information content (AvgIpc) is 2.62. The smallest absolute Gasteiger partial charge is 0.225 e. The van der Waals surface area contributed by atoms with Crippen LogP contribution in [0.4, 0.5) is 11.8 Å². The summed E-state index contributed by atoms with van der Waals surface area (Å²) in [5.41, 5.74) is 1.00. The van der Waals surface area contributed by atoms with Gasteiger partial charge in [0, 0.05) is 25.5 Å². The molecule has 26 heavy (non-hydrogen) atoms. The van der Waals surface area contributed by atoms with Crippen LogP contribution in [0.3, 0.4) is 0 Å². The minimum Gasteiger partial charge on any atom is -0.362 e. The molecule has 2 N–H and O–H groups in total. The molecule has 1 aliphatic carbocycles. The Hall–Kier alpha value is -1.88. The number of nitrogens with zero attached hydrogens (tertiary/aromatic N) is 3. The van der Waals surface area contributed by atoms with Crippen molar-refractivity contribution in [2.45, 2.75) is 45.6 Å². The molecule has 1 aliphatic rings. The predicted molar refractivity (Wildman–Crippen MR) is 111 cm³/mol. The number of nitrogens with one attached hydrogen (secondary N) is 2. The van der Waals surface area contributed by atoms with Crippen molar-refractivity contribution in [2.75, 3.05) is 37.4 Å². The first-order chi connectivity index (χ1) is 12.5. The van der Waals surface area contributed by atoms with Crippen LogP contribution in [0, 0.1) is 11.8 Å². The van der Waals surface area contributed by atoms with Crippen LogP contribution in [0.15, 0.2) is 24.3 Å². The van der Waals surface area contributed by atoms with Crippen molar-refractivity contribution < 1.29 is 0 Å². The zero-order valence-corrected chi connectivity index (χ0v) is 16.6. The first-order valence-electron chi connectivity index (χ1n) is 9.94. The molecule has 3 rings (SSSR count). The van der Waals surface area contributed by atoms with Crippen molar-refractivity contribution in [2.24, 2.45) is 11.8 Å². The summed E-state index contributed by atoms with van der Waals surface area (Å²) in [7, 11) is 4.07. The molecule has 0 aliphatic heterocycles. The molecule has 0 unspecified atom stereocenters. The average molecular weight is 356 g/mol. The van der Waals surface area contributed by atoms with Crippen LogP contribution in [-0.2, 0) is 0 Å². The van der Waals surface area contributed by atoms with Gasteiger partial charge in [-0.05, 0) is 62.7 Å². The van der Waals surface area contributed by atoms with E-state index < -0.39 is 0 Å². The standard InChI is InChI=1S/C21H33N5/c1-15(2)13-22-14-16-9-11-17(12-10-16)23-21-24-19-8-6-5-7-18(19)20(25-21)26(3)4/h5-8,15-17,22H,9-14H2,1-4H3,(H,23,24,25)/t16-,17+. The molecule has 0 amide bonds. The van der Waals surface area contributed by atoms with Crippen LogP contribution in [0.25, 0.3) is 10.9 Å². The van der Waals surface area contributed by atoms with Crippen LogP contribution in [0.2, 0.25) is 0 Å². The summed E-state index contributed by atoms with van der Waals surface area (Å²) in [6.45, 7) is 6.80. The van der Waals surface area contributed by atoms with E-state index in [9.17, 15) is 0 Å². The summed E-state index contributed by atoms with van der Waals surface area (Å²) >= 11 is 0. The SMILES string of the molecule is CC(C)CNC[C@H]1CC[C@@H](Nc2nc(N(C)C)c3ccccc3n2)CC1. The number of aromatic nitrogens is 2. The number of fused-ring (bicyclic) bond motifs is 1. The fraction of sp³-hybridized carbons (Fsp3) is 0.619. The van der Waals surface area contributed by atoms with Gasteiger partial charge in [0.15, 0.2) is 0 Å². The van der Waals surface area contributed by atoms with E-state index in [4.69, 9.17) is 9.97 Å². The highest BCUT2D eigenvalue weighted by atomic mass is 15.2. The molecule has 1 heterocycles. The van der Waals surface area contributed by atoms with E-state index >= 15 is 0 Å². The number of hydrogen-bond acceptors (Lipinski definition) is 5. The zero-order valence-electron chi connectivity index (χ0n) is 16.6. The third-order valence-corrected chi connectivity index (χ3v) is 5.17. The van der Waals surface area contributed by atoms with Crippen molar-refractivity contribution in [3.63, 3.8) is 0 Å². The predicted octanol–water partition coefficient (Wildman–Crippen LogP) is 3.91. The summed E-state index contributed by atoms with van der Waals surface area (Å²) < 4.78 is 0. The number of anilines is 2. The molecule has 2 aromatic rings.